The highest BCUT2D eigenvalue weighted by atomic mass is 16.5. The third-order valence-corrected chi connectivity index (χ3v) is 4.94. The van der Waals surface area contributed by atoms with Crippen LogP contribution in [0.2, 0.25) is 0 Å². The SMILES string of the molecule is COc1cc(Nc2nc(Nc3ccccc3)nc3c2ncn3C(C)C)cc(OC)c1OC. The average Bonchev–Trinajstić information content (AvgIpc) is 3.23. The van der Waals surface area contributed by atoms with Gasteiger partial charge in [0.1, 0.15) is 0 Å². The van der Waals surface area contributed by atoms with E-state index < -0.39 is 0 Å². The highest BCUT2D eigenvalue weighted by Crippen LogP contribution is 2.41. The number of ether oxygens (including phenoxy) is 3. The van der Waals surface area contributed by atoms with Crippen molar-refractivity contribution in [2.75, 3.05) is 32.0 Å². The van der Waals surface area contributed by atoms with E-state index in [9.17, 15) is 0 Å². The van der Waals surface area contributed by atoms with Gasteiger partial charge in [-0.1, -0.05) is 18.2 Å². The number of anilines is 4. The van der Waals surface area contributed by atoms with E-state index in [1.807, 2.05) is 47.0 Å². The third-order valence-electron chi connectivity index (χ3n) is 4.94. The van der Waals surface area contributed by atoms with Crippen LogP contribution in [0.3, 0.4) is 0 Å². The summed E-state index contributed by atoms with van der Waals surface area (Å²) in [5.41, 5.74) is 2.99. The molecule has 0 atom stereocenters. The molecule has 0 saturated carbocycles. The van der Waals surface area contributed by atoms with Crippen LogP contribution < -0.4 is 24.8 Å². The van der Waals surface area contributed by atoms with Crippen molar-refractivity contribution < 1.29 is 14.2 Å². The molecule has 0 spiro atoms. The van der Waals surface area contributed by atoms with Crippen LogP contribution in [0.5, 0.6) is 17.2 Å². The fourth-order valence-corrected chi connectivity index (χ4v) is 3.38. The highest BCUT2D eigenvalue weighted by molar-refractivity contribution is 5.87. The molecule has 0 unspecified atom stereocenters. The van der Waals surface area contributed by atoms with Crippen molar-refractivity contribution in [3.63, 3.8) is 0 Å². The standard InChI is InChI=1S/C23H26N6O3/c1-14(2)29-13-24-19-21(25-16-11-17(30-3)20(32-5)18(12-16)31-4)27-23(28-22(19)29)26-15-9-7-6-8-10-15/h6-14H,1-5H3,(H2,25,26,27,28). The predicted octanol–water partition coefficient (Wildman–Crippen LogP) is 4.92. The van der Waals surface area contributed by atoms with E-state index in [0.29, 0.717) is 40.2 Å². The smallest absolute Gasteiger partial charge is 0.231 e. The summed E-state index contributed by atoms with van der Waals surface area (Å²) in [4.78, 5) is 14.0. The molecule has 4 rings (SSSR count). The topological polar surface area (TPSA) is 95.4 Å². The molecule has 0 saturated heterocycles. The van der Waals surface area contributed by atoms with Crippen molar-refractivity contribution in [1.29, 1.82) is 0 Å². The van der Waals surface area contributed by atoms with Gasteiger partial charge in [0.25, 0.3) is 0 Å². The zero-order chi connectivity index (χ0) is 22.7. The van der Waals surface area contributed by atoms with Crippen molar-refractivity contribution in [1.82, 2.24) is 19.5 Å². The lowest BCUT2D eigenvalue weighted by atomic mass is 10.2. The quantitative estimate of drug-likeness (QED) is 0.403. The summed E-state index contributed by atoms with van der Waals surface area (Å²) in [5.74, 6) is 2.61. The summed E-state index contributed by atoms with van der Waals surface area (Å²) in [6.45, 7) is 4.17. The number of methoxy groups -OCH3 is 3. The zero-order valence-electron chi connectivity index (χ0n) is 18.7. The minimum absolute atomic E-state index is 0.188. The third kappa shape index (κ3) is 4.09. The Balaban J connectivity index is 1.81. The summed E-state index contributed by atoms with van der Waals surface area (Å²) in [7, 11) is 4.73. The van der Waals surface area contributed by atoms with Gasteiger partial charge in [0.15, 0.2) is 28.5 Å². The van der Waals surface area contributed by atoms with E-state index in [1.54, 1.807) is 27.7 Å². The van der Waals surface area contributed by atoms with Crippen LogP contribution in [0.25, 0.3) is 11.2 Å². The van der Waals surface area contributed by atoms with E-state index in [0.717, 1.165) is 11.3 Å². The second-order valence-electron chi connectivity index (χ2n) is 7.34. The van der Waals surface area contributed by atoms with E-state index in [1.165, 1.54) is 0 Å². The molecule has 0 fully saturated rings. The Morgan fingerprint density at radius 1 is 0.844 bits per heavy atom. The number of nitrogens with one attached hydrogen (secondary N) is 2. The Morgan fingerprint density at radius 2 is 1.53 bits per heavy atom. The minimum Gasteiger partial charge on any atom is -0.493 e. The Morgan fingerprint density at radius 3 is 2.12 bits per heavy atom. The Hall–Kier alpha value is -4.01. The first kappa shape index (κ1) is 21.2. The van der Waals surface area contributed by atoms with Gasteiger partial charge >= 0.3 is 0 Å². The molecule has 2 aromatic heterocycles. The molecule has 0 radical (unpaired) electrons. The summed E-state index contributed by atoms with van der Waals surface area (Å²) in [6.07, 6.45) is 1.77. The molecule has 0 aliphatic heterocycles. The van der Waals surface area contributed by atoms with E-state index in [2.05, 4.69) is 29.5 Å². The molecule has 2 N–H and O–H groups in total. The number of hydrogen-bond acceptors (Lipinski definition) is 8. The number of benzene rings is 2. The lowest BCUT2D eigenvalue weighted by Crippen LogP contribution is -2.06. The maximum atomic E-state index is 5.47. The summed E-state index contributed by atoms with van der Waals surface area (Å²) in [6, 6.07) is 13.6. The van der Waals surface area contributed by atoms with Crippen LogP contribution in [0.4, 0.5) is 23.1 Å². The van der Waals surface area contributed by atoms with Crippen LogP contribution in [0, 0.1) is 0 Å². The summed E-state index contributed by atoms with van der Waals surface area (Å²) >= 11 is 0. The van der Waals surface area contributed by atoms with Crippen molar-refractivity contribution in [2.24, 2.45) is 0 Å². The number of imidazole rings is 1. The predicted molar refractivity (Wildman–Crippen MR) is 125 cm³/mol. The molecule has 4 aromatic rings. The van der Waals surface area contributed by atoms with Gasteiger partial charge in [0, 0.05) is 29.5 Å². The van der Waals surface area contributed by atoms with Gasteiger partial charge in [-0.3, -0.25) is 0 Å². The maximum absolute atomic E-state index is 5.47. The minimum atomic E-state index is 0.188. The average molecular weight is 435 g/mol. The molecule has 0 bridgehead atoms. The first-order valence-corrected chi connectivity index (χ1v) is 10.2. The van der Waals surface area contributed by atoms with E-state index in [4.69, 9.17) is 24.2 Å². The van der Waals surface area contributed by atoms with Gasteiger partial charge in [-0.05, 0) is 26.0 Å². The number of nitrogens with zero attached hydrogens (tertiary/aromatic N) is 4. The fraction of sp³-hybridized carbons (Fsp3) is 0.261. The molecule has 2 heterocycles. The van der Waals surface area contributed by atoms with Crippen molar-refractivity contribution in [3.05, 3.63) is 48.8 Å². The second kappa shape index (κ2) is 9.01. The largest absolute Gasteiger partial charge is 0.493 e. The Kier molecular flexibility index (Phi) is 5.98. The van der Waals surface area contributed by atoms with Crippen molar-refractivity contribution in [2.45, 2.75) is 19.9 Å². The van der Waals surface area contributed by atoms with Crippen LogP contribution in [0.1, 0.15) is 19.9 Å². The summed E-state index contributed by atoms with van der Waals surface area (Å²) in [5, 5.41) is 6.61. The van der Waals surface area contributed by atoms with Gasteiger partial charge in [0.05, 0.1) is 27.7 Å². The fourth-order valence-electron chi connectivity index (χ4n) is 3.38. The van der Waals surface area contributed by atoms with Crippen LogP contribution in [-0.2, 0) is 0 Å². The number of aromatic nitrogens is 4. The molecule has 32 heavy (non-hydrogen) atoms. The molecule has 2 aromatic carbocycles. The van der Waals surface area contributed by atoms with Crippen molar-refractivity contribution >= 4 is 34.3 Å². The number of fused-ring (bicyclic) bond motifs is 1. The zero-order valence-corrected chi connectivity index (χ0v) is 18.7. The second-order valence-corrected chi connectivity index (χ2v) is 7.34. The number of rotatable bonds is 8. The number of para-hydroxylation sites is 1. The molecule has 9 heteroatoms. The highest BCUT2D eigenvalue weighted by Gasteiger charge is 2.18. The monoisotopic (exact) mass is 434 g/mol. The molecule has 166 valence electrons. The Labute approximate surface area is 186 Å². The van der Waals surface area contributed by atoms with Gasteiger partial charge in [-0.15, -0.1) is 0 Å². The first-order chi connectivity index (χ1) is 15.5. The van der Waals surface area contributed by atoms with Crippen LogP contribution in [0.15, 0.2) is 48.8 Å². The van der Waals surface area contributed by atoms with Crippen molar-refractivity contribution in [3.8, 4) is 17.2 Å². The molecule has 0 aliphatic rings. The maximum Gasteiger partial charge on any atom is 0.231 e. The lowest BCUT2D eigenvalue weighted by Gasteiger charge is -2.16. The van der Waals surface area contributed by atoms with Gasteiger partial charge < -0.3 is 29.4 Å². The van der Waals surface area contributed by atoms with Gasteiger partial charge in [-0.2, -0.15) is 9.97 Å². The van der Waals surface area contributed by atoms with Gasteiger partial charge in [0.2, 0.25) is 11.7 Å². The molecular formula is C23H26N6O3. The molecule has 0 amide bonds. The Bertz CT molecular complexity index is 1200. The summed E-state index contributed by atoms with van der Waals surface area (Å²) < 4.78 is 18.4. The normalized spacial score (nSPS) is 10.9. The molecule has 0 aliphatic carbocycles. The molecular weight excluding hydrogens is 408 g/mol. The van der Waals surface area contributed by atoms with Crippen LogP contribution in [-0.4, -0.2) is 40.8 Å². The van der Waals surface area contributed by atoms with E-state index >= 15 is 0 Å². The van der Waals surface area contributed by atoms with Gasteiger partial charge in [-0.25, -0.2) is 4.98 Å². The lowest BCUT2D eigenvalue weighted by molar-refractivity contribution is 0.324. The molecule has 9 nitrogen and oxygen atoms in total. The first-order valence-electron chi connectivity index (χ1n) is 10.2. The van der Waals surface area contributed by atoms with Crippen LogP contribution >= 0.6 is 0 Å². The number of hydrogen-bond donors (Lipinski definition) is 2. The van der Waals surface area contributed by atoms with E-state index in [-0.39, 0.29) is 6.04 Å².